The van der Waals surface area contributed by atoms with Gasteiger partial charge in [0.05, 0.1) is 19.3 Å². The molecule has 1 aliphatic rings. The van der Waals surface area contributed by atoms with Gasteiger partial charge in [0, 0.05) is 5.70 Å². The number of tetrazole rings is 1. The molecule has 1 N–H and O–H groups in total. The Labute approximate surface area is 145 Å². The number of esters is 1. The molecule has 2 heterocycles. The van der Waals surface area contributed by atoms with Crippen LogP contribution in [-0.4, -0.2) is 39.9 Å². The van der Waals surface area contributed by atoms with Gasteiger partial charge in [-0.15, -0.1) is 0 Å². The minimum atomic E-state index is -0.461. The molecule has 8 nitrogen and oxygen atoms in total. The second-order valence-corrected chi connectivity index (χ2v) is 6.28. The molecule has 132 valence electrons. The lowest BCUT2D eigenvalue weighted by Crippen LogP contribution is -2.30. The highest BCUT2D eigenvalue weighted by Crippen LogP contribution is 2.35. The molecule has 1 aromatic carbocycles. The standard InChI is InChI=1S/C17H21N5O3/c1-10(2)9-25-16(23)14-11(3)18-17-19-20-21-22(17)15(14)12-5-7-13(24-4)8-6-12/h5-8,10,15H,9H2,1-4H3,(H,18,19,21)/t15-/m0/s1. The molecule has 3 rings (SSSR count). The van der Waals surface area contributed by atoms with E-state index in [1.165, 1.54) is 0 Å². The van der Waals surface area contributed by atoms with Crippen molar-refractivity contribution in [2.75, 3.05) is 19.0 Å². The Morgan fingerprint density at radius 2 is 2.04 bits per heavy atom. The topological polar surface area (TPSA) is 91.2 Å². The van der Waals surface area contributed by atoms with Crippen LogP contribution in [0.1, 0.15) is 32.4 Å². The first-order chi connectivity index (χ1) is 12.0. The number of allylic oxidation sites excluding steroid dienone is 1. The maximum atomic E-state index is 12.7. The van der Waals surface area contributed by atoms with Gasteiger partial charge in [0.25, 0.3) is 0 Å². The first-order valence-corrected chi connectivity index (χ1v) is 8.08. The van der Waals surface area contributed by atoms with Crippen LogP contribution in [0, 0.1) is 5.92 Å². The molecule has 1 aliphatic heterocycles. The first kappa shape index (κ1) is 16.9. The average Bonchev–Trinajstić information content (AvgIpc) is 3.06. The maximum absolute atomic E-state index is 12.7. The molecular weight excluding hydrogens is 322 g/mol. The van der Waals surface area contributed by atoms with Crippen molar-refractivity contribution in [3.05, 3.63) is 41.1 Å². The Kier molecular flexibility index (Phi) is 4.69. The Balaban J connectivity index is 2.01. The molecule has 0 aliphatic carbocycles. The first-order valence-electron chi connectivity index (χ1n) is 8.08. The minimum absolute atomic E-state index is 0.254. The summed E-state index contributed by atoms with van der Waals surface area (Å²) in [4.78, 5) is 12.7. The van der Waals surface area contributed by atoms with Crippen LogP contribution >= 0.6 is 0 Å². The van der Waals surface area contributed by atoms with Crippen molar-refractivity contribution in [3.8, 4) is 5.75 Å². The Hall–Kier alpha value is -2.90. The molecule has 0 radical (unpaired) electrons. The highest BCUT2D eigenvalue weighted by molar-refractivity contribution is 5.92. The molecule has 0 saturated heterocycles. The number of carbonyl (C=O) groups excluding carboxylic acids is 1. The zero-order valence-corrected chi connectivity index (χ0v) is 14.7. The van der Waals surface area contributed by atoms with Gasteiger partial charge in [0.15, 0.2) is 0 Å². The number of benzene rings is 1. The Bertz CT molecular complexity index is 795. The predicted molar refractivity (Wildman–Crippen MR) is 91.1 cm³/mol. The van der Waals surface area contributed by atoms with Crippen molar-refractivity contribution in [2.45, 2.75) is 26.8 Å². The molecule has 0 bridgehead atoms. The van der Waals surface area contributed by atoms with Crippen molar-refractivity contribution in [3.63, 3.8) is 0 Å². The summed E-state index contributed by atoms with van der Waals surface area (Å²) >= 11 is 0. The highest BCUT2D eigenvalue weighted by Gasteiger charge is 2.35. The van der Waals surface area contributed by atoms with Crippen LogP contribution in [0.25, 0.3) is 0 Å². The lowest BCUT2D eigenvalue weighted by Gasteiger charge is -2.27. The van der Waals surface area contributed by atoms with Gasteiger partial charge in [-0.1, -0.05) is 31.1 Å². The highest BCUT2D eigenvalue weighted by atomic mass is 16.5. The summed E-state index contributed by atoms with van der Waals surface area (Å²) in [6.07, 6.45) is 0. The van der Waals surface area contributed by atoms with Crippen molar-refractivity contribution < 1.29 is 14.3 Å². The SMILES string of the molecule is COc1ccc([C@H]2C(C(=O)OCC(C)C)=C(C)Nc3nnnn32)cc1. The number of ether oxygens (including phenoxy) is 2. The van der Waals surface area contributed by atoms with Gasteiger partial charge >= 0.3 is 5.97 Å². The number of nitrogens with zero attached hydrogens (tertiary/aromatic N) is 4. The molecular formula is C17H21N5O3. The van der Waals surface area contributed by atoms with E-state index in [4.69, 9.17) is 9.47 Å². The van der Waals surface area contributed by atoms with E-state index in [9.17, 15) is 4.79 Å². The number of hydrogen-bond donors (Lipinski definition) is 1. The van der Waals surface area contributed by atoms with Gasteiger partial charge in [0.1, 0.15) is 11.8 Å². The van der Waals surface area contributed by atoms with E-state index >= 15 is 0 Å². The van der Waals surface area contributed by atoms with E-state index in [-0.39, 0.29) is 11.9 Å². The van der Waals surface area contributed by atoms with Crippen LogP contribution in [0.2, 0.25) is 0 Å². The van der Waals surface area contributed by atoms with Gasteiger partial charge in [-0.2, -0.15) is 4.68 Å². The van der Waals surface area contributed by atoms with Crippen LogP contribution in [-0.2, 0) is 9.53 Å². The van der Waals surface area contributed by atoms with Gasteiger partial charge < -0.3 is 14.8 Å². The molecule has 1 atom stereocenters. The van der Waals surface area contributed by atoms with E-state index in [2.05, 4.69) is 20.8 Å². The van der Waals surface area contributed by atoms with Crippen LogP contribution in [0.3, 0.4) is 0 Å². The van der Waals surface area contributed by atoms with Crippen LogP contribution in [0.15, 0.2) is 35.5 Å². The summed E-state index contributed by atoms with van der Waals surface area (Å²) in [5, 5.41) is 14.8. The van der Waals surface area contributed by atoms with E-state index in [1.54, 1.807) is 11.8 Å². The van der Waals surface area contributed by atoms with Crippen LogP contribution in [0.4, 0.5) is 5.95 Å². The average molecular weight is 343 g/mol. The van der Waals surface area contributed by atoms with E-state index in [0.29, 0.717) is 23.8 Å². The Morgan fingerprint density at radius 1 is 1.32 bits per heavy atom. The predicted octanol–water partition coefficient (Wildman–Crippen LogP) is 2.17. The fraction of sp³-hybridized carbons (Fsp3) is 0.412. The van der Waals surface area contributed by atoms with Crippen molar-refractivity contribution in [2.24, 2.45) is 5.92 Å². The van der Waals surface area contributed by atoms with Gasteiger partial charge in [-0.05, 0) is 41.0 Å². The maximum Gasteiger partial charge on any atom is 0.338 e. The van der Waals surface area contributed by atoms with Gasteiger partial charge in [0.2, 0.25) is 5.95 Å². The van der Waals surface area contributed by atoms with Gasteiger partial charge in [-0.25, -0.2) is 4.79 Å². The molecule has 25 heavy (non-hydrogen) atoms. The van der Waals surface area contributed by atoms with E-state index < -0.39 is 6.04 Å². The number of aromatic nitrogens is 4. The third-order valence-corrected chi connectivity index (χ3v) is 3.91. The second kappa shape index (κ2) is 6.92. The molecule has 8 heteroatoms. The summed E-state index contributed by atoms with van der Waals surface area (Å²) < 4.78 is 12.3. The summed E-state index contributed by atoms with van der Waals surface area (Å²) in [5.74, 6) is 1.10. The number of methoxy groups -OCH3 is 1. The molecule has 0 unspecified atom stereocenters. The van der Waals surface area contributed by atoms with Crippen molar-refractivity contribution >= 4 is 11.9 Å². The summed E-state index contributed by atoms with van der Waals surface area (Å²) in [7, 11) is 1.61. The lowest BCUT2D eigenvalue weighted by atomic mass is 9.95. The number of anilines is 1. The Morgan fingerprint density at radius 3 is 2.68 bits per heavy atom. The molecule has 2 aromatic rings. The number of rotatable bonds is 5. The normalized spacial score (nSPS) is 16.4. The number of fused-ring (bicyclic) bond motifs is 1. The molecule has 0 amide bonds. The monoisotopic (exact) mass is 343 g/mol. The van der Waals surface area contributed by atoms with Crippen molar-refractivity contribution in [1.82, 2.24) is 20.2 Å². The van der Waals surface area contributed by atoms with Gasteiger partial charge in [-0.3, -0.25) is 0 Å². The third-order valence-electron chi connectivity index (χ3n) is 3.91. The van der Waals surface area contributed by atoms with Crippen LogP contribution < -0.4 is 10.1 Å². The van der Waals surface area contributed by atoms with Crippen molar-refractivity contribution in [1.29, 1.82) is 0 Å². The largest absolute Gasteiger partial charge is 0.497 e. The second-order valence-electron chi connectivity index (χ2n) is 6.28. The number of carbonyl (C=O) groups is 1. The zero-order valence-electron chi connectivity index (χ0n) is 14.7. The fourth-order valence-corrected chi connectivity index (χ4v) is 2.69. The summed E-state index contributed by atoms with van der Waals surface area (Å²) in [6, 6.07) is 7.01. The van der Waals surface area contributed by atoms with Crippen LogP contribution in [0.5, 0.6) is 5.75 Å². The quantitative estimate of drug-likeness (QED) is 0.832. The molecule has 0 spiro atoms. The van der Waals surface area contributed by atoms with E-state index in [1.807, 2.05) is 45.0 Å². The summed E-state index contributed by atoms with van der Waals surface area (Å²) in [5.41, 5.74) is 2.04. The fourth-order valence-electron chi connectivity index (χ4n) is 2.69. The smallest absolute Gasteiger partial charge is 0.338 e. The molecule has 0 fully saturated rings. The zero-order chi connectivity index (χ0) is 18.0. The number of nitrogens with one attached hydrogen (secondary N) is 1. The summed E-state index contributed by atoms with van der Waals surface area (Å²) in [6.45, 7) is 6.16. The third kappa shape index (κ3) is 3.33. The van der Waals surface area contributed by atoms with E-state index in [0.717, 1.165) is 11.3 Å². The minimum Gasteiger partial charge on any atom is -0.497 e. The molecule has 1 aromatic heterocycles. The molecule has 0 saturated carbocycles. The lowest BCUT2D eigenvalue weighted by molar-refractivity contribution is -0.140. The number of hydrogen-bond acceptors (Lipinski definition) is 7.